The fraction of sp³-hybridized carbons (Fsp3) is 0.643. The number of likely N-dealkylation sites (N-methyl/N-ethyl adjacent to an activating group) is 1. The molecule has 0 aromatic carbocycles. The molecule has 1 N–H and O–H groups in total. The lowest BCUT2D eigenvalue weighted by atomic mass is 9.85. The standard InChI is InChI=1S/C14H21ClN2O/c1-14(6-3-4-8-18-14)13(16-2)9-11-5-7-17-10-12(11)15/h5,7,10,13,16H,3-4,6,8-9H2,1-2H3. The Morgan fingerprint density at radius 2 is 2.39 bits per heavy atom. The number of nitrogens with zero attached hydrogens (tertiary/aromatic N) is 1. The number of aromatic nitrogens is 1. The van der Waals surface area contributed by atoms with Gasteiger partial charge in [-0.15, -0.1) is 0 Å². The molecule has 0 aliphatic carbocycles. The van der Waals surface area contributed by atoms with Crippen LogP contribution in [0.4, 0.5) is 0 Å². The van der Waals surface area contributed by atoms with E-state index in [9.17, 15) is 0 Å². The summed E-state index contributed by atoms with van der Waals surface area (Å²) in [6.45, 7) is 3.06. The predicted octanol–water partition coefficient (Wildman–Crippen LogP) is 2.82. The van der Waals surface area contributed by atoms with E-state index in [2.05, 4.69) is 17.2 Å². The van der Waals surface area contributed by atoms with Crippen LogP contribution >= 0.6 is 11.6 Å². The molecule has 4 heteroatoms. The van der Waals surface area contributed by atoms with Gasteiger partial charge in [-0.2, -0.15) is 0 Å². The zero-order valence-electron chi connectivity index (χ0n) is 11.1. The Morgan fingerprint density at radius 3 is 3.00 bits per heavy atom. The van der Waals surface area contributed by atoms with Gasteiger partial charge in [0.2, 0.25) is 0 Å². The Morgan fingerprint density at radius 1 is 1.56 bits per heavy atom. The Kier molecular flexibility index (Phi) is 4.60. The van der Waals surface area contributed by atoms with Crippen LogP contribution in [0.25, 0.3) is 0 Å². The molecule has 0 spiro atoms. The van der Waals surface area contributed by atoms with E-state index in [0.717, 1.165) is 30.0 Å². The molecule has 2 atom stereocenters. The van der Waals surface area contributed by atoms with Crippen molar-refractivity contribution >= 4 is 11.6 Å². The maximum atomic E-state index is 6.18. The number of pyridine rings is 1. The Balaban J connectivity index is 2.11. The molecule has 0 radical (unpaired) electrons. The molecular formula is C14H21ClN2O. The molecule has 2 unspecified atom stereocenters. The lowest BCUT2D eigenvalue weighted by Gasteiger charge is -2.40. The van der Waals surface area contributed by atoms with E-state index in [-0.39, 0.29) is 11.6 Å². The predicted molar refractivity (Wildman–Crippen MR) is 74.0 cm³/mol. The van der Waals surface area contributed by atoms with Crippen molar-refractivity contribution in [3.05, 3.63) is 29.0 Å². The largest absolute Gasteiger partial charge is 0.374 e. The number of nitrogens with one attached hydrogen (secondary N) is 1. The maximum absolute atomic E-state index is 6.18. The normalized spacial score (nSPS) is 25.9. The summed E-state index contributed by atoms with van der Waals surface area (Å²) in [7, 11) is 1.99. The highest BCUT2D eigenvalue weighted by Gasteiger charge is 2.36. The molecule has 0 bridgehead atoms. The van der Waals surface area contributed by atoms with Gasteiger partial charge in [0.25, 0.3) is 0 Å². The van der Waals surface area contributed by atoms with E-state index in [1.807, 2.05) is 13.1 Å². The number of hydrogen-bond donors (Lipinski definition) is 1. The van der Waals surface area contributed by atoms with Crippen molar-refractivity contribution in [2.24, 2.45) is 0 Å². The van der Waals surface area contributed by atoms with Gasteiger partial charge in [-0.1, -0.05) is 11.6 Å². The first-order valence-corrected chi connectivity index (χ1v) is 6.93. The van der Waals surface area contributed by atoms with E-state index < -0.39 is 0 Å². The van der Waals surface area contributed by atoms with Crippen LogP contribution in [0.15, 0.2) is 18.5 Å². The Hall–Kier alpha value is -0.640. The van der Waals surface area contributed by atoms with Gasteiger partial charge >= 0.3 is 0 Å². The molecule has 3 nitrogen and oxygen atoms in total. The van der Waals surface area contributed by atoms with Crippen molar-refractivity contribution in [3.8, 4) is 0 Å². The molecular weight excluding hydrogens is 248 g/mol. The van der Waals surface area contributed by atoms with Crippen molar-refractivity contribution < 1.29 is 4.74 Å². The molecule has 18 heavy (non-hydrogen) atoms. The molecule has 0 saturated carbocycles. The minimum Gasteiger partial charge on any atom is -0.374 e. The summed E-state index contributed by atoms with van der Waals surface area (Å²) in [5.41, 5.74) is 1.03. The van der Waals surface area contributed by atoms with Crippen molar-refractivity contribution in [2.45, 2.75) is 44.2 Å². The first-order valence-electron chi connectivity index (χ1n) is 6.55. The molecule has 0 amide bonds. The first-order chi connectivity index (χ1) is 8.65. The van der Waals surface area contributed by atoms with Crippen LogP contribution in [0.1, 0.15) is 31.7 Å². The van der Waals surface area contributed by atoms with Crippen LogP contribution in [0, 0.1) is 0 Å². The van der Waals surface area contributed by atoms with Crippen LogP contribution in [0.5, 0.6) is 0 Å². The molecule has 1 aromatic rings. The van der Waals surface area contributed by atoms with Gasteiger partial charge in [0.1, 0.15) is 0 Å². The second-order valence-corrected chi connectivity index (χ2v) is 5.54. The van der Waals surface area contributed by atoms with Crippen LogP contribution in [0.3, 0.4) is 0 Å². The summed E-state index contributed by atoms with van der Waals surface area (Å²) in [5.74, 6) is 0. The maximum Gasteiger partial charge on any atom is 0.0809 e. The van der Waals surface area contributed by atoms with Crippen molar-refractivity contribution in [3.63, 3.8) is 0 Å². The fourth-order valence-electron chi connectivity index (χ4n) is 2.64. The van der Waals surface area contributed by atoms with E-state index in [1.165, 1.54) is 12.8 Å². The zero-order valence-corrected chi connectivity index (χ0v) is 11.8. The van der Waals surface area contributed by atoms with E-state index in [0.29, 0.717) is 0 Å². The molecule has 2 rings (SSSR count). The van der Waals surface area contributed by atoms with Crippen LogP contribution in [-0.2, 0) is 11.2 Å². The number of ether oxygens (including phenoxy) is 1. The van der Waals surface area contributed by atoms with Crippen molar-refractivity contribution in [1.29, 1.82) is 0 Å². The topological polar surface area (TPSA) is 34.2 Å². The first kappa shape index (κ1) is 13.8. The third kappa shape index (κ3) is 3.02. The fourth-order valence-corrected chi connectivity index (χ4v) is 2.84. The quantitative estimate of drug-likeness (QED) is 0.912. The van der Waals surface area contributed by atoms with Crippen molar-refractivity contribution in [2.75, 3.05) is 13.7 Å². The van der Waals surface area contributed by atoms with Gasteiger partial charge in [0.15, 0.2) is 0 Å². The minimum absolute atomic E-state index is 0.0976. The van der Waals surface area contributed by atoms with Gasteiger partial charge in [0.05, 0.1) is 10.6 Å². The van der Waals surface area contributed by atoms with Crippen molar-refractivity contribution in [1.82, 2.24) is 10.3 Å². The SMILES string of the molecule is CNC(Cc1ccncc1Cl)C1(C)CCCCO1. The summed E-state index contributed by atoms with van der Waals surface area (Å²) < 4.78 is 6.01. The average molecular weight is 269 g/mol. The van der Waals surface area contributed by atoms with Crippen LogP contribution in [-0.4, -0.2) is 30.3 Å². The van der Waals surface area contributed by atoms with Gasteiger partial charge < -0.3 is 10.1 Å². The Bertz CT molecular complexity index is 391. The molecule has 1 fully saturated rings. The molecule has 1 aliphatic rings. The summed E-state index contributed by atoms with van der Waals surface area (Å²) >= 11 is 6.18. The minimum atomic E-state index is -0.0976. The van der Waals surface area contributed by atoms with Crippen LogP contribution < -0.4 is 5.32 Å². The van der Waals surface area contributed by atoms with Gasteiger partial charge in [0, 0.05) is 25.0 Å². The van der Waals surface area contributed by atoms with E-state index >= 15 is 0 Å². The highest BCUT2D eigenvalue weighted by atomic mass is 35.5. The molecule has 100 valence electrons. The van der Waals surface area contributed by atoms with E-state index in [1.54, 1.807) is 12.4 Å². The highest BCUT2D eigenvalue weighted by Crippen LogP contribution is 2.30. The summed E-state index contributed by atoms with van der Waals surface area (Å²) in [6.07, 6.45) is 7.86. The lowest BCUT2D eigenvalue weighted by Crippen LogP contribution is -2.52. The van der Waals surface area contributed by atoms with Gasteiger partial charge in [-0.3, -0.25) is 4.98 Å². The third-order valence-electron chi connectivity index (χ3n) is 3.87. The van der Waals surface area contributed by atoms with E-state index in [4.69, 9.17) is 16.3 Å². The molecule has 1 saturated heterocycles. The summed E-state index contributed by atoms with van der Waals surface area (Å²) in [5, 5.41) is 4.12. The van der Waals surface area contributed by atoms with Gasteiger partial charge in [-0.25, -0.2) is 0 Å². The van der Waals surface area contributed by atoms with Crippen LogP contribution in [0.2, 0.25) is 5.02 Å². The number of hydrogen-bond acceptors (Lipinski definition) is 3. The summed E-state index contributed by atoms with van der Waals surface area (Å²) in [4.78, 5) is 4.02. The highest BCUT2D eigenvalue weighted by molar-refractivity contribution is 6.31. The number of halogens is 1. The lowest BCUT2D eigenvalue weighted by molar-refractivity contribution is -0.0870. The Labute approximate surface area is 114 Å². The summed E-state index contributed by atoms with van der Waals surface area (Å²) in [6, 6.07) is 2.26. The molecule has 1 aromatic heterocycles. The smallest absolute Gasteiger partial charge is 0.0809 e. The third-order valence-corrected chi connectivity index (χ3v) is 4.21. The average Bonchev–Trinajstić information content (AvgIpc) is 2.38. The molecule has 1 aliphatic heterocycles. The second kappa shape index (κ2) is 6.00. The van der Waals surface area contributed by atoms with Gasteiger partial charge in [-0.05, 0) is 51.3 Å². The molecule has 2 heterocycles. The second-order valence-electron chi connectivity index (χ2n) is 5.13. The monoisotopic (exact) mass is 268 g/mol. The zero-order chi connectivity index (χ0) is 13.0. The number of rotatable bonds is 4.